The van der Waals surface area contributed by atoms with Crippen LogP contribution in [0.3, 0.4) is 0 Å². The molecule has 25 heavy (non-hydrogen) atoms. The Morgan fingerprint density at radius 3 is 2.76 bits per heavy atom. The van der Waals surface area contributed by atoms with E-state index in [1.165, 1.54) is 15.3 Å². The first kappa shape index (κ1) is 16.8. The van der Waals surface area contributed by atoms with Crippen LogP contribution >= 0.6 is 34.3 Å². The Morgan fingerprint density at radius 2 is 2.00 bits per heavy atom. The quantitative estimate of drug-likeness (QED) is 0.678. The number of halogens is 1. The van der Waals surface area contributed by atoms with Gasteiger partial charge in [0.25, 0.3) is 0 Å². The molecule has 0 saturated carbocycles. The third-order valence-corrected chi connectivity index (χ3v) is 6.53. The lowest BCUT2D eigenvalue weighted by Crippen LogP contribution is -2.40. The van der Waals surface area contributed by atoms with Crippen molar-refractivity contribution in [2.75, 3.05) is 18.4 Å². The summed E-state index contributed by atoms with van der Waals surface area (Å²) in [6.45, 7) is 1.27. The second-order valence-electron chi connectivity index (χ2n) is 5.99. The van der Waals surface area contributed by atoms with Gasteiger partial charge in [-0.15, -0.1) is 22.7 Å². The van der Waals surface area contributed by atoms with Crippen molar-refractivity contribution in [3.63, 3.8) is 0 Å². The number of fused-ring (bicyclic) bond motifs is 1. The van der Waals surface area contributed by atoms with Crippen LogP contribution in [0.2, 0.25) is 5.02 Å². The number of carbonyl (C=O) groups excluding carboxylic acids is 1. The number of thiophene rings is 2. The van der Waals surface area contributed by atoms with Crippen molar-refractivity contribution in [1.29, 1.82) is 0 Å². The summed E-state index contributed by atoms with van der Waals surface area (Å²) in [6.07, 6.45) is 1.00. The Labute approximate surface area is 159 Å². The largest absolute Gasteiger partial charge is 0.325 e. The van der Waals surface area contributed by atoms with Crippen LogP contribution in [0.5, 0.6) is 0 Å². The minimum absolute atomic E-state index is 0.00237. The molecule has 1 aliphatic heterocycles. The van der Waals surface area contributed by atoms with Crippen LogP contribution in [-0.2, 0) is 11.2 Å². The molecule has 0 saturated heterocycles. The van der Waals surface area contributed by atoms with Crippen LogP contribution in [0.25, 0.3) is 0 Å². The highest BCUT2D eigenvalue weighted by Gasteiger charge is 2.31. The number of nitrogens with one attached hydrogen (secondary N) is 1. The number of carbonyl (C=O) groups is 1. The first-order valence-corrected chi connectivity index (χ1v) is 10.2. The van der Waals surface area contributed by atoms with E-state index in [9.17, 15) is 4.79 Å². The highest BCUT2D eigenvalue weighted by atomic mass is 35.5. The van der Waals surface area contributed by atoms with E-state index in [4.69, 9.17) is 11.6 Å². The van der Waals surface area contributed by atoms with Gasteiger partial charge < -0.3 is 5.32 Å². The molecule has 1 aromatic carbocycles. The van der Waals surface area contributed by atoms with Gasteiger partial charge in [-0.1, -0.05) is 17.7 Å². The number of nitrogens with zero attached hydrogens (tertiary/aromatic N) is 1. The summed E-state index contributed by atoms with van der Waals surface area (Å²) in [5, 5.41) is 7.88. The van der Waals surface area contributed by atoms with Gasteiger partial charge in [-0.05, 0) is 59.1 Å². The molecule has 0 aliphatic carbocycles. The van der Waals surface area contributed by atoms with Crippen LogP contribution < -0.4 is 5.32 Å². The molecule has 3 nitrogen and oxygen atoms in total. The lowest BCUT2D eigenvalue weighted by atomic mass is 9.98. The zero-order valence-electron chi connectivity index (χ0n) is 13.4. The van der Waals surface area contributed by atoms with E-state index in [1.54, 1.807) is 23.5 Å². The van der Waals surface area contributed by atoms with E-state index in [0.717, 1.165) is 18.7 Å². The normalized spacial score (nSPS) is 17.2. The van der Waals surface area contributed by atoms with Gasteiger partial charge in [-0.2, -0.15) is 0 Å². The van der Waals surface area contributed by atoms with Crippen molar-refractivity contribution in [3.8, 4) is 0 Å². The van der Waals surface area contributed by atoms with Crippen LogP contribution in [0.4, 0.5) is 5.69 Å². The van der Waals surface area contributed by atoms with E-state index in [1.807, 2.05) is 23.5 Å². The number of hydrogen-bond acceptors (Lipinski definition) is 4. The van der Waals surface area contributed by atoms with E-state index >= 15 is 0 Å². The second-order valence-corrected chi connectivity index (χ2v) is 8.41. The summed E-state index contributed by atoms with van der Waals surface area (Å²) >= 11 is 9.46. The molecule has 1 amide bonds. The maximum absolute atomic E-state index is 12.6. The minimum Gasteiger partial charge on any atom is -0.325 e. The van der Waals surface area contributed by atoms with Gasteiger partial charge in [0, 0.05) is 27.0 Å². The van der Waals surface area contributed by atoms with Gasteiger partial charge in [-0.3, -0.25) is 9.69 Å². The third-order valence-electron chi connectivity index (χ3n) is 4.35. The smallest absolute Gasteiger partial charge is 0.238 e. The Kier molecular flexibility index (Phi) is 4.90. The summed E-state index contributed by atoms with van der Waals surface area (Å²) in [7, 11) is 0. The summed E-state index contributed by atoms with van der Waals surface area (Å²) < 4.78 is 0. The molecule has 4 rings (SSSR count). The maximum Gasteiger partial charge on any atom is 0.238 e. The Morgan fingerprint density at radius 1 is 1.16 bits per heavy atom. The van der Waals surface area contributed by atoms with Crippen molar-refractivity contribution in [2.24, 2.45) is 0 Å². The SMILES string of the molecule is O=C(CN1CCc2sccc2C1c1cccs1)Nc1ccc(Cl)cc1. The second kappa shape index (κ2) is 7.30. The van der Waals surface area contributed by atoms with Gasteiger partial charge in [0.15, 0.2) is 0 Å². The highest BCUT2D eigenvalue weighted by molar-refractivity contribution is 7.10. The molecule has 0 spiro atoms. The molecule has 3 aromatic rings. The average Bonchev–Trinajstić information content (AvgIpc) is 3.28. The summed E-state index contributed by atoms with van der Waals surface area (Å²) in [6, 6.07) is 13.8. The van der Waals surface area contributed by atoms with Gasteiger partial charge in [0.05, 0.1) is 12.6 Å². The maximum atomic E-state index is 12.6. The number of amides is 1. The number of hydrogen-bond donors (Lipinski definition) is 1. The highest BCUT2D eigenvalue weighted by Crippen LogP contribution is 2.39. The third kappa shape index (κ3) is 3.65. The molecule has 1 N–H and O–H groups in total. The summed E-state index contributed by atoms with van der Waals surface area (Å²) in [5.74, 6) is 0.00237. The lowest BCUT2D eigenvalue weighted by molar-refractivity contribution is -0.117. The zero-order chi connectivity index (χ0) is 17.2. The van der Waals surface area contributed by atoms with Crippen LogP contribution in [-0.4, -0.2) is 23.9 Å². The Hall–Kier alpha value is -1.66. The number of rotatable bonds is 4. The predicted molar refractivity (Wildman–Crippen MR) is 106 cm³/mol. The molecule has 0 bridgehead atoms. The monoisotopic (exact) mass is 388 g/mol. The molecule has 2 aromatic heterocycles. The number of anilines is 1. The number of benzene rings is 1. The molecule has 6 heteroatoms. The molecular weight excluding hydrogens is 372 g/mol. The van der Waals surface area contributed by atoms with Crippen molar-refractivity contribution in [3.05, 3.63) is 73.6 Å². The fraction of sp³-hybridized carbons (Fsp3) is 0.211. The van der Waals surface area contributed by atoms with Crippen molar-refractivity contribution >= 4 is 45.9 Å². The van der Waals surface area contributed by atoms with Crippen LogP contribution in [0, 0.1) is 0 Å². The Balaban J connectivity index is 1.52. The van der Waals surface area contributed by atoms with Crippen molar-refractivity contribution in [2.45, 2.75) is 12.5 Å². The first-order valence-electron chi connectivity index (χ1n) is 8.10. The van der Waals surface area contributed by atoms with Gasteiger partial charge in [-0.25, -0.2) is 0 Å². The fourth-order valence-corrected chi connectivity index (χ4v) is 5.14. The van der Waals surface area contributed by atoms with Crippen molar-refractivity contribution in [1.82, 2.24) is 4.90 Å². The van der Waals surface area contributed by atoms with Crippen LogP contribution in [0.1, 0.15) is 21.4 Å². The van der Waals surface area contributed by atoms with E-state index in [-0.39, 0.29) is 11.9 Å². The lowest BCUT2D eigenvalue weighted by Gasteiger charge is -2.34. The molecule has 1 aliphatic rings. The standard InChI is InChI=1S/C19H17ClN2OS2/c20-13-3-5-14(6-4-13)21-18(23)12-22-9-7-16-15(8-11-25-16)19(22)17-2-1-10-24-17/h1-6,8,10-11,19H,7,9,12H2,(H,21,23). The zero-order valence-corrected chi connectivity index (χ0v) is 15.8. The van der Waals surface area contributed by atoms with Crippen molar-refractivity contribution < 1.29 is 4.79 Å². The molecule has 128 valence electrons. The summed E-state index contributed by atoms with van der Waals surface area (Å²) in [5.41, 5.74) is 2.12. The predicted octanol–water partition coefficient (Wildman–Crippen LogP) is 5.05. The Bertz CT molecular complexity index is 858. The van der Waals surface area contributed by atoms with Gasteiger partial charge in [0.1, 0.15) is 0 Å². The van der Waals surface area contributed by atoms with Gasteiger partial charge in [0.2, 0.25) is 5.91 Å². The summed E-state index contributed by atoms with van der Waals surface area (Å²) in [4.78, 5) is 17.5. The topological polar surface area (TPSA) is 32.3 Å². The van der Waals surface area contributed by atoms with E-state index < -0.39 is 0 Å². The average molecular weight is 389 g/mol. The molecular formula is C19H17ClN2OS2. The fourth-order valence-electron chi connectivity index (χ4n) is 3.24. The molecule has 1 unspecified atom stereocenters. The molecule has 1 atom stereocenters. The molecule has 0 radical (unpaired) electrons. The van der Waals surface area contributed by atoms with Gasteiger partial charge >= 0.3 is 0 Å². The molecule has 3 heterocycles. The molecule has 0 fully saturated rings. The van der Waals surface area contributed by atoms with E-state index in [2.05, 4.69) is 39.2 Å². The van der Waals surface area contributed by atoms with Crippen LogP contribution in [0.15, 0.2) is 53.2 Å². The van der Waals surface area contributed by atoms with E-state index in [0.29, 0.717) is 11.6 Å². The minimum atomic E-state index is 0.00237. The first-order chi connectivity index (χ1) is 12.2.